The Morgan fingerprint density at radius 3 is 2.89 bits per heavy atom. The predicted molar refractivity (Wildman–Crippen MR) is 96.2 cm³/mol. The number of oxime groups is 1. The first kappa shape index (κ1) is 17.0. The van der Waals surface area contributed by atoms with Crippen molar-refractivity contribution in [2.75, 3.05) is 18.6 Å². The minimum atomic E-state index is -0.389. The molecule has 2 aliphatic rings. The van der Waals surface area contributed by atoms with Crippen molar-refractivity contribution in [1.29, 1.82) is 0 Å². The molecular formula is C18H18N6O3. The normalized spacial score (nSPS) is 20.5. The Morgan fingerprint density at radius 2 is 2.22 bits per heavy atom. The summed E-state index contributed by atoms with van der Waals surface area (Å²) in [6, 6.07) is 7.61. The van der Waals surface area contributed by atoms with Crippen LogP contribution in [0.2, 0.25) is 0 Å². The summed E-state index contributed by atoms with van der Waals surface area (Å²) >= 11 is 0. The summed E-state index contributed by atoms with van der Waals surface area (Å²) in [7, 11) is 1.45. The van der Waals surface area contributed by atoms with Crippen molar-refractivity contribution in [3.05, 3.63) is 53.1 Å². The lowest BCUT2D eigenvalue weighted by Gasteiger charge is -2.13. The van der Waals surface area contributed by atoms with Gasteiger partial charge >= 0.3 is 6.09 Å². The molecule has 1 aromatic heterocycles. The second kappa shape index (κ2) is 6.72. The molecule has 0 radical (unpaired) electrons. The average molecular weight is 366 g/mol. The third kappa shape index (κ3) is 3.33. The summed E-state index contributed by atoms with van der Waals surface area (Å²) in [5.74, 6) is 0. The molecule has 0 spiro atoms. The van der Waals surface area contributed by atoms with E-state index in [0.29, 0.717) is 18.8 Å². The molecule has 1 amide bonds. The van der Waals surface area contributed by atoms with Crippen LogP contribution in [0.5, 0.6) is 0 Å². The summed E-state index contributed by atoms with van der Waals surface area (Å²) in [4.78, 5) is 22.2. The molecule has 1 aliphatic carbocycles. The molecule has 138 valence electrons. The molecular weight excluding hydrogens is 348 g/mol. The highest BCUT2D eigenvalue weighted by atomic mass is 16.6. The van der Waals surface area contributed by atoms with Crippen LogP contribution in [0.3, 0.4) is 0 Å². The van der Waals surface area contributed by atoms with Gasteiger partial charge in [0.25, 0.3) is 5.54 Å². The number of carbonyl (C=O) groups excluding carboxylic acids is 1. The first-order chi connectivity index (χ1) is 13.1. The van der Waals surface area contributed by atoms with Crippen LogP contribution in [-0.4, -0.2) is 47.1 Å². The maximum Gasteiger partial charge on any atom is 0.414 e. The summed E-state index contributed by atoms with van der Waals surface area (Å²) in [6.45, 7) is 8.16. The highest BCUT2D eigenvalue weighted by Crippen LogP contribution is 2.49. The largest absolute Gasteiger partial charge is 0.442 e. The molecule has 1 saturated carbocycles. The molecule has 2 aromatic rings. The molecule has 0 unspecified atom stereocenters. The molecule has 9 heteroatoms. The Labute approximate surface area is 156 Å². The molecule has 9 nitrogen and oxygen atoms in total. The number of hydrogen-bond donors (Lipinski definition) is 0. The molecule has 27 heavy (non-hydrogen) atoms. The molecule has 1 atom stereocenters. The first-order valence-corrected chi connectivity index (χ1v) is 8.57. The van der Waals surface area contributed by atoms with Gasteiger partial charge in [0.05, 0.1) is 25.5 Å². The van der Waals surface area contributed by atoms with Gasteiger partial charge in [0.2, 0.25) is 0 Å². The van der Waals surface area contributed by atoms with E-state index in [1.807, 2.05) is 24.3 Å². The molecule has 0 bridgehead atoms. The standard InChI is InChI=1S/C18H18N6O3/c1-19-18(7-8-18)13-3-5-15(6-4-13)24-12-16(27-17(24)25)11-23-10-14(21-22-23)9-20-26-2/h3-6,9-10,16H,7-8,11-12H2,2H3/b20-9+/t16-/m0/s1. The van der Waals surface area contributed by atoms with Gasteiger partial charge in [0.15, 0.2) is 0 Å². The van der Waals surface area contributed by atoms with Crippen LogP contribution in [0.25, 0.3) is 4.85 Å². The Morgan fingerprint density at radius 1 is 1.44 bits per heavy atom. The predicted octanol–water partition coefficient (Wildman–Crippen LogP) is 2.19. The van der Waals surface area contributed by atoms with Crippen molar-refractivity contribution in [3.8, 4) is 0 Å². The van der Waals surface area contributed by atoms with E-state index in [0.717, 1.165) is 24.1 Å². The molecule has 1 saturated heterocycles. The molecule has 1 aromatic carbocycles. The lowest BCUT2D eigenvalue weighted by molar-refractivity contribution is 0.129. The SMILES string of the molecule is [C-]#[N+]C1(c2ccc(N3C[C@H](Cn4cc(/C=N/OC)nn4)OC3=O)cc2)CC1. The number of nitrogens with zero attached hydrogens (tertiary/aromatic N) is 6. The van der Waals surface area contributed by atoms with Crippen LogP contribution in [-0.2, 0) is 21.7 Å². The Bertz CT molecular complexity index is 910. The van der Waals surface area contributed by atoms with E-state index in [9.17, 15) is 4.79 Å². The van der Waals surface area contributed by atoms with Crippen molar-refractivity contribution >= 4 is 18.0 Å². The van der Waals surface area contributed by atoms with E-state index in [2.05, 4.69) is 25.2 Å². The van der Waals surface area contributed by atoms with Crippen LogP contribution < -0.4 is 4.90 Å². The summed E-state index contributed by atoms with van der Waals surface area (Å²) in [5, 5.41) is 11.6. The number of aromatic nitrogens is 3. The van der Waals surface area contributed by atoms with E-state index >= 15 is 0 Å². The lowest BCUT2D eigenvalue weighted by atomic mass is 10.1. The lowest BCUT2D eigenvalue weighted by Crippen LogP contribution is -2.26. The van der Waals surface area contributed by atoms with E-state index in [4.69, 9.17) is 11.3 Å². The number of hydrogen-bond acceptors (Lipinski definition) is 6. The van der Waals surface area contributed by atoms with Gasteiger partial charge in [-0.1, -0.05) is 10.4 Å². The number of cyclic esters (lactones) is 1. The van der Waals surface area contributed by atoms with Gasteiger partial charge in [-0.2, -0.15) is 0 Å². The smallest absolute Gasteiger partial charge is 0.414 e. The second-order valence-electron chi connectivity index (χ2n) is 6.59. The number of anilines is 1. The van der Waals surface area contributed by atoms with Crippen LogP contribution in [0, 0.1) is 6.57 Å². The molecule has 2 heterocycles. The van der Waals surface area contributed by atoms with E-state index < -0.39 is 0 Å². The Kier molecular flexibility index (Phi) is 4.24. The fraction of sp³-hybridized carbons (Fsp3) is 0.389. The third-order valence-electron chi connectivity index (χ3n) is 4.77. The fourth-order valence-electron chi connectivity index (χ4n) is 3.14. The van der Waals surface area contributed by atoms with Crippen LogP contribution >= 0.6 is 0 Å². The number of carbonyl (C=O) groups is 1. The highest BCUT2D eigenvalue weighted by molar-refractivity contribution is 5.89. The topological polar surface area (TPSA) is 86.2 Å². The van der Waals surface area contributed by atoms with E-state index in [1.54, 1.807) is 15.8 Å². The second-order valence-corrected chi connectivity index (χ2v) is 6.59. The molecule has 2 fully saturated rings. The van der Waals surface area contributed by atoms with Crippen molar-refractivity contribution in [1.82, 2.24) is 15.0 Å². The maximum absolute atomic E-state index is 12.2. The van der Waals surface area contributed by atoms with Crippen LogP contribution in [0.1, 0.15) is 24.1 Å². The minimum Gasteiger partial charge on any atom is -0.442 e. The maximum atomic E-state index is 12.2. The number of ether oxygens (including phenoxy) is 1. The number of amides is 1. The van der Waals surface area contributed by atoms with Crippen molar-refractivity contribution in [3.63, 3.8) is 0 Å². The minimum absolute atomic E-state index is 0.330. The zero-order chi connectivity index (χ0) is 18.9. The quantitative estimate of drug-likeness (QED) is 0.444. The summed E-state index contributed by atoms with van der Waals surface area (Å²) < 4.78 is 7.05. The Hall–Kier alpha value is -3.41. The van der Waals surface area contributed by atoms with Crippen molar-refractivity contribution in [2.45, 2.75) is 31.0 Å². The van der Waals surface area contributed by atoms with Gasteiger partial charge in [-0.05, 0) is 24.3 Å². The van der Waals surface area contributed by atoms with Gasteiger partial charge in [0.1, 0.15) is 18.9 Å². The average Bonchev–Trinajstić information content (AvgIpc) is 3.23. The van der Waals surface area contributed by atoms with Gasteiger partial charge in [-0.3, -0.25) is 4.90 Å². The number of rotatable bonds is 6. The highest BCUT2D eigenvalue weighted by Gasteiger charge is 2.52. The Balaban J connectivity index is 1.41. The third-order valence-corrected chi connectivity index (χ3v) is 4.77. The molecule has 0 N–H and O–H groups in total. The monoisotopic (exact) mass is 366 g/mol. The van der Waals surface area contributed by atoms with Gasteiger partial charge in [-0.15, -0.1) is 5.10 Å². The first-order valence-electron chi connectivity index (χ1n) is 8.57. The van der Waals surface area contributed by atoms with Crippen LogP contribution in [0.4, 0.5) is 10.5 Å². The summed E-state index contributed by atoms with van der Waals surface area (Å²) in [5.41, 5.74) is 1.99. The van der Waals surface area contributed by atoms with Gasteiger partial charge < -0.3 is 14.4 Å². The zero-order valence-electron chi connectivity index (χ0n) is 14.8. The molecule has 4 rings (SSSR count). The van der Waals surface area contributed by atoms with Crippen LogP contribution in [0.15, 0.2) is 35.6 Å². The summed E-state index contributed by atoms with van der Waals surface area (Å²) in [6.07, 6.45) is 4.24. The van der Waals surface area contributed by atoms with Crippen molar-refractivity contribution < 1.29 is 14.4 Å². The van der Waals surface area contributed by atoms with Crippen molar-refractivity contribution in [2.24, 2.45) is 5.16 Å². The number of benzene rings is 1. The van der Waals surface area contributed by atoms with Gasteiger partial charge in [-0.25, -0.2) is 16.0 Å². The zero-order valence-corrected chi connectivity index (χ0v) is 14.8. The van der Waals surface area contributed by atoms with Gasteiger partial charge in [0, 0.05) is 24.1 Å². The van der Waals surface area contributed by atoms with E-state index in [1.165, 1.54) is 13.3 Å². The van der Waals surface area contributed by atoms with E-state index in [-0.39, 0.29) is 17.7 Å². The molecule has 1 aliphatic heterocycles. The fourth-order valence-corrected chi connectivity index (χ4v) is 3.14.